The first kappa shape index (κ1) is 31.1. The normalized spacial score (nSPS) is 14.1. The molecule has 5 aromatic carbocycles. The SMILES string of the molecule is CC.CN(CCCNCCN1C(=O)c2cccc3cccc(c23)C1=O)CCN1C(=O)c2cccc3c2c(cc2ccccc23)C1=O. The van der Waals surface area contributed by atoms with Crippen LogP contribution in [-0.4, -0.2) is 84.6 Å². The van der Waals surface area contributed by atoms with Gasteiger partial charge in [0.15, 0.2) is 0 Å². The summed E-state index contributed by atoms with van der Waals surface area (Å²) < 4.78 is 0. The summed E-state index contributed by atoms with van der Waals surface area (Å²) in [7, 11) is 1.98. The van der Waals surface area contributed by atoms with Gasteiger partial charge in [-0.15, -0.1) is 0 Å². The first-order valence-electron chi connectivity index (χ1n) is 16.0. The summed E-state index contributed by atoms with van der Waals surface area (Å²) >= 11 is 0. The van der Waals surface area contributed by atoms with Crippen molar-refractivity contribution in [2.45, 2.75) is 20.3 Å². The van der Waals surface area contributed by atoms with Gasteiger partial charge < -0.3 is 10.2 Å². The third-order valence-electron chi connectivity index (χ3n) is 8.80. The Labute approximate surface area is 268 Å². The number of rotatable bonds is 10. The first-order valence-corrected chi connectivity index (χ1v) is 16.0. The molecule has 0 unspecified atom stereocenters. The number of amides is 4. The van der Waals surface area contributed by atoms with Gasteiger partial charge in [0.25, 0.3) is 23.6 Å². The van der Waals surface area contributed by atoms with E-state index < -0.39 is 0 Å². The first-order chi connectivity index (χ1) is 22.4. The molecule has 4 amide bonds. The summed E-state index contributed by atoms with van der Waals surface area (Å²) in [6, 6.07) is 26.6. The molecule has 46 heavy (non-hydrogen) atoms. The van der Waals surface area contributed by atoms with Crippen molar-refractivity contribution in [3.05, 3.63) is 107 Å². The minimum atomic E-state index is -0.255. The Bertz CT molecular complexity index is 1950. The number of hydrogen-bond donors (Lipinski definition) is 1. The van der Waals surface area contributed by atoms with Crippen molar-refractivity contribution in [3.8, 4) is 0 Å². The average Bonchev–Trinajstić information content (AvgIpc) is 3.09. The number of nitrogens with zero attached hydrogens (tertiary/aromatic N) is 3. The molecule has 2 aliphatic heterocycles. The minimum absolute atomic E-state index is 0.250. The van der Waals surface area contributed by atoms with E-state index in [9.17, 15) is 19.2 Å². The molecule has 8 heteroatoms. The molecule has 0 saturated carbocycles. The van der Waals surface area contributed by atoms with E-state index in [1.165, 1.54) is 9.80 Å². The third kappa shape index (κ3) is 5.44. The summed E-state index contributed by atoms with van der Waals surface area (Å²) in [6.45, 7) is 7.11. The van der Waals surface area contributed by atoms with Gasteiger partial charge in [0.2, 0.25) is 0 Å². The third-order valence-corrected chi connectivity index (χ3v) is 8.80. The summed E-state index contributed by atoms with van der Waals surface area (Å²) in [5.74, 6) is -1.01. The van der Waals surface area contributed by atoms with Crippen LogP contribution in [0.3, 0.4) is 0 Å². The minimum Gasteiger partial charge on any atom is -0.315 e. The van der Waals surface area contributed by atoms with E-state index >= 15 is 0 Å². The second kappa shape index (κ2) is 13.2. The Balaban J connectivity index is 0.00000182. The molecule has 0 bridgehead atoms. The predicted molar refractivity (Wildman–Crippen MR) is 182 cm³/mol. The highest BCUT2D eigenvalue weighted by Crippen LogP contribution is 2.35. The van der Waals surface area contributed by atoms with Gasteiger partial charge in [0.1, 0.15) is 0 Å². The monoisotopic (exact) mass is 614 g/mol. The van der Waals surface area contributed by atoms with Gasteiger partial charge in [0, 0.05) is 59.2 Å². The van der Waals surface area contributed by atoms with Gasteiger partial charge in [0.05, 0.1) is 0 Å². The van der Waals surface area contributed by atoms with Gasteiger partial charge in [-0.25, -0.2) is 0 Å². The molecule has 8 nitrogen and oxygen atoms in total. The second-order valence-electron chi connectivity index (χ2n) is 11.5. The Morgan fingerprint density at radius 1 is 0.565 bits per heavy atom. The molecule has 0 aliphatic carbocycles. The van der Waals surface area contributed by atoms with E-state index in [2.05, 4.69) is 10.2 Å². The number of carbonyl (C=O) groups excluding carboxylic acids is 4. The van der Waals surface area contributed by atoms with Crippen molar-refractivity contribution in [3.63, 3.8) is 0 Å². The molecular weight excluding hydrogens is 576 g/mol. The number of benzene rings is 5. The maximum Gasteiger partial charge on any atom is 0.261 e. The van der Waals surface area contributed by atoms with Crippen LogP contribution >= 0.6 is 0 Å². The van der Waals surface area contributed by atoms with E-state index in [0.717, 1.165) is 45.3 Å². The summed E-state index contributed by atoms with van der Waals surface area (Å²) in [6.07, 6.45) is 0.830. The molecule has 234 valence electrons. The zero-order valence-electron chi connectivity index (χ0n) is 26.5. The smallest absolute Gasteiger partial charge is 0.261 e. The van der Waals surface area contributed by atoms with Crippen molar-refractivity contribution < 1.29 is 19.2 Å². The zero-order valence-corrected chi connectivity index (χ0v) is 26.5. The van der Waals surface area contributed by atoms with Gasteiger partial charge in [-0.2, -0.15) is 0 Å². The number of nitrogens with one attached hydrogen (secondary N) is 1. The van der Waals surface area contributed by atoms with Gasteiger partial charge in [-0.05, 0) is 72.4 Å². The topological polar surface area (TPSA) is 90.0 Å². The van der Waals surface area contributed by atoms with E-state index in [-0.39, 0.29) is 23.6 Å². The maximum absolute atomic E-state index is 13.5. The van der Waals surface area contributed by atoms with Crippen LogP contribution in [0.5, 0.6) is 0 Å². The highest BCUT2D eigenvalue weighted by molar-refractivity contribution is 6.29. The molecule has 1 N–H and O–H groups in total. The standard InChI is InChI=1S/C36H32N4O4.C2H6/c1-38(18-7-16-37-17-19-39-33(41)27-13-4-9-23-10-5-14-28(31(23)27)34(39)42)20-21-40-35(43)29-15-6-12-26-25-11-3-2-8-24(25)22-30(32(26)29)36(40)44;1-2/h2-6,8-15,22,37H,7,16-21H2,1H3;1-2H3. The molecule has 0 atom stereocenters. The van der Waals surface area contributed by atoms with E-state index in [0.29, 0.717) is 55.0 Å². The van der Waals surface area contributed by atoms with Crippen LogP contribution in [0.1, 0.15) is 61.7 Å². The lowest BCUT2D eigenvalue weighted by molar-refractivity contribution is 0.0589. The summed E-state index contributed by atoms with van der Waals surface area (Å²) in [4.78, 5) is 57.9. The number of fused-ring (bicyclic) bond motifs is 2. The lowest BCUT2D eigenvalue weighted by Crippen LogP contribution is -2.44. The maximum atomic E-state index is 13.5. The lowest BCUT2D eigenvalue weighted by atomic mass is 9.90. The van der Waals surface area contributed by atoms with Gasteiger partial charge >= 0.3 is 0 Å². The molecule has 0 saturated heterocycles. The van der Waals surface area contributed by atoms with Gasteiger partial charge in [-0.1, -0.05) is 74.5 Å². The van der Waals surface area contributed by atoms with E-state index in [1.807, 2.05) is 93.7 Å². The van der Waals surface area contributed by atoms with Crippen molar-refractivity contribution in [1.82, 2.24) is 20.0 Å². The molecule has 7 rings (SSSR count). The molecule has 2 heterocycles. The van der Waals surface area contributed by atoms with Crippen molar-refractivity contribution in [2.75, 3.05) is 46.3 Å². The van der Waals surface area contributed by atoms with Crippen molar-refractivity contribution in [1.29, 1.82) is 0 Å². The second-order valence-corrected chi connectivity index (χ2v) is 11.5. The number of likely N-dealkylation sites (N-methyl/N-ethyl adjacent to an activating group) is 1. The fraction of sp³-hybridized carbons (Fsp3) is 0.263. The number of imide groups is 2. The Kier molecular flexibility index (Phi) is 8.92. The van der Waals surface area contributed by atoms with Crippen LogP contribution in [-0.2, 0) is 0 Å². The fourth-order valence-electron chi connectivity index (χ4n) is 6.55. The van der Waals surface area contributed by atoms with Crippen LogP contribution < -0.4 is 5.32 Å². The fourth-order valence-corrected chi connectivity index (χ4v) is 6.55. The Hall–Kier alpha value is -4.92. The van der Waals surface area contributed by atoms with Crippen LogP contribution in [0, 0.1) is 0 Å². The van der Waals surface area contributed by atoms with E-state index in [1.54, 1.807) is 12.1 Å². The highest BCUT2D eigenvalue weighted by atomic mass is 16.2. The molecule has 5 aromatic rings. The van der Waals surface area contributed by atoms with Crippen LogP contribution in [0.25, 0.3) is 32.3 Å². The molecular formula is C38H38N4O4. The highest BCUT2D eigenvalue weighted by Gasteiger charge is 2.34. The number of hydrogen-bond acceptors (Lipinski definition) is 6. The summed E-state index contributed by atoms with van der Waals surface area (Å²) in [5, 5.41) is 8.66. The molecule has 0 radical (unpaired) electrons. The molecule has 0 aromatic heterocycles. The quantitative estimate of drug-likeness (QED) is 0.118. The van der Waals surface area contributed by atoms with Crippen LogP contribution in [0.4, 0.5) is 0 Å². The average molecular weight is 615 g/mol. The zero-order chi connectivity index (χ0) is 32.4. The molecule has 2 aliphatic rings. The lowest BCUT2D eigenvalue weighted by Gasteiger charge is -2.29. The molecule has 0 spiro atoms. The van der Waals surface area contributed by atoms with E-state index in [4.69, 9.17) is 0 Å². The van der Waals surface area contributed by atoms with Gasteiger partial charge in [-0.3, -0.25) is 29.0 Å². The predicted octanol–water partition coefficient (Wildman–Crippen LogP) is 5.98. The molecule has 0 fully saturated rings. The Morgan fingerprint density at radius 2 is 1.11 bits per heavy atom. The van der Waals surface area contributed by atoms with Crippen molar-refractivity contribution >= 4 is 55.9 Å². The van der Waals surface area contributed by atoms with Crippen LogP contribution in [0.2, 0.25) is 0 Å². The largest absolute Gasteiger partial charge is 0.315 e. The van der Waals surface area contributed by atoms with Crippen LogP contribution in [0.15, 0.2) is 84.9 Å². The number of carbonyl (C=O) groups is 4. The summed E-state index contributed by atoms with van der Waals surface area (Å²) in [5.41, 5.74) is 2.28. The van der Waals surface area contributed by atoms with Crippen molar-refractivity contribution in [2.24, 2.45) is 0 Å². The Morgan fingerprint density at radius 3 is 1.80 bits per heavy atom.